The van der Waals surface area contributed by atoms with Crippen molar-refractivity contribution in [3.05, 3.63) is 23.9 Å². The van der Waals surface area contributed by atoms with Crippen LogP contribution in [0.3, 0.4) is 0 Å². The SMILES string of the molecule is Cc1cccc(N2CCC(C(=O)N3CCCCCC3)CC2)n1. The first-order chi connectivity index (χ1) is 10.7. The lowest BCUT2D eigenvalue weighted by atomic mass is 9.95. The molecule has 120 valence electrons. The van der Waals surface area contributed by atoms with E-state index in [4.69, 9.17) is 0 Å². The monoisotopic (exact) mass is 301 g/mol. The third kappa shape index (κ3) is 3.60. The molecule has 1 amide bonds. The van der Waals surface area contributed by atoms with Crippen molar-refractivity contribution in [1.82, 2.24) is 9.88 Å². The van der Waals surface area contributed by atoms with Crippen molar-refractivity contribution < 1.29 is 4.79 Å². The molecule has 2 fully saturated rings. The van der Waals surface area contributed by atoms with Crippen molar-refractivity contribution in [2.45, 2.75) is 45.4 Å². The number of amides is 1. The highest BCUT2D eigenvalue weighted by molar-refractivity contribution is 5.79. The van der Waals surface area contributed by atoms with E-state index in [1.54, 1.807) is 0 Å². The highest BCUT2D eigenvalue weighted by Crippen LogP contribution is 2.24. The molecule has 0 aromatic carbocycles. The number of aromatic nitrogens is 1. The molecule has 0 N–H and O–H groups in total. The summed E-state index contributed by atoms with van der Waals surface area (Å²) in [7, 11) is 0. The predicted molar refractivity (Wildman–Crippen MR) is 89.0 cm³/mol. The summed E-state index contributed by atoms with van der Waals surface area (Å²) in [5.74, 6) is 1.68. The van der Waals surface area contributed by atoms with Gasteiger partial charge in [-0.3, -0.25) is 4.79 Å². The van der Waals surface area contributed by atoms with Crippen LogP contribution in [0.4, 0.5) is 5.82 Å². The first-order valence-corrected chi connectivity index (χ1v) is 8.71. The third-order valence-electron chi connectivity index (χ3n) is 4.96. The van der Waals surface area contributed by atoms with E-state index >= 15 is 0 Å². The van der Waals surface area contributed by atoms with Gasteiger partial charge in [0.25, 0.3) is 0 Å². The largest absolute Gasteiger partial charge is 0.357 e. The lowest BCUT2D eigenvalue weighted by molar-refractivity contribution is -0.136. The quantitative estimate of drug-likeness (QED) is 0.842. The number of aryl methyl sites for hydroxylation is 1. The molecular formula is C18H27N3O. The smallest absolute Gasteiger partial charge is 0.225 e. The second-order valence-corrected chi connectivity index (χ2v) is 6.64. The molecule has 0 radical (unpaired) electrons. The number of carbonyl (C=O) groups excluding carboxylic acids is 1. The van der Waals surface area contributed by atoms with Crippen LogP contribution in [0.25, 0.3) is 0 Å². The van der Waals surface area contributed by atoms with Crippen LogP contribution in [0.15, 0.2) is 18.2 Å². The topological polar surface area (TPSA) is 36.4 Å². The van der Waals surface area contributed by atoms with E-state index in [1.807, 2.05) is 13.0 Å². The Labute approximate surface area is 133 Å². The fourth-order valence-corrected chi connectivity index (χ4v) is 3.61. The predicted octanol–water partition coefficient (Wildman–Crippen LogP) is 3.01. The number of piperidine rings is 1. The second-order valence-electron chi connectivity index (χ2n) is 6.64. The Morgan fingerprint density at radius 1 is 1.05 bits per heavy atom. The van der Waals surface area contributed by atoms with Gasteiger partial charge in [0, 0.05) is 37.8 Å². The van der Waals surface area contributed by atoms with Crippen molar-refractivity contribution in [1.29, 1.82) is 0 Å². The van der Waals surface area contributed by atoms with Gasteiger partial charge in [-0.25, -0.2) is 4.98 Å². The minimum atomic E-state index is 0.221. The van der Waals surface area contributed by atoms with Crippen molar-refractivity contribution in [3.8, 4) is 0 Å². The first-order valence-electron chi connectivity index (χ1n) is 8.71. The molecule has 3 rings (SSSR count). The van der Waals surface area contributed by atoms with Gasteiger partial charge in [-0.1, -0.05) is 18.9 Å². The molecule has 0 aliphatic carbocycles. The van der Waals surface area contributed by atoms with Gasteiger partial charge < -0.3 is 9.80 Å². The van der Waals surface area contributed by atoms with E-state index in [0.29, 0.717) is 5.91 Å². The maximum Gasteiger partial charge on any atom is 0.225 e. The summed E-state index contributed by atoms with van der Waals surface area (Å²) in [6.07, 6.45) is 6.84. The summed E-state index contributed by atoms with van der Waals surface area (Å²) in [6.45, 7) is 5.86. The summed E-state index contributed by atoms with van der Waals surface area (Å²) < 4.78 is 0. The Kier molecular flexibility index (Phi) is 4.96. The van der Waals surface area contributed by atoms with E-state index < -0.39 is 0 Å². The Balaban J connectivity index is 1.55. The summed E-state index contributed by atoms with van der Waals surface area (Å²) in [5.41, 5.74) is 1.06. The Morgan fingerprint density at radius 3 is 2.36 bits per heavy atom. The fraction of sp³-hybridized carbons (Fsp3) is 0.667. The van der Waals surface area contributed by atoms with Gasteiger partial charge in [-0.2, -0.15) is 0 Å². The van der Waals surface area contributed by atoms with E-state index in [2.05, 4.69) is 26.9 Å². The van der Waals surface area contributed by atoms with Gasteiger partial charge in [-0.15, -0.1) is 0 Å². The standard InChI is InChI=1S/C18H27N3O/c1-15-7-6-8-17(19-15)20-13-9-16(10-14-20)18(22)21-11-4-2-3-5-12-21/h6-8,16H,2-5,9-14H2,1H3. The zero-order chi connectivity index (χ0) is 15.4. The van der Waals surface area contributed by atoms with Crippen LogP contribution < -0.4 is 4.90 Å². The minimum absolute atomic E-state index is 0.221. The van der Waals surface area contributed by atoms with Gasteiger partial charge in [0.05, 0.1) is 0 Å². The van der Waals surface area contributed by atoms with Crippen LogP contribution in [0.5, 0.6) is 0 Å². The van der Waals surface area contributed by atoms with E-state index in [1.165, 1.54) is 25.7 Å². The van der Waals surface area contributed by atoms with Crippen LogP contribution in [-0.4, -0.2) is 42.0 Å². The van der Waals surface area contributed by atoms with Crippen LogP contribution in [0.1, 0.15) is 44.2 Å². The molecule has 0 saturated carbocycles. The van der Waals surface area contributed by atoms with Crippen LogP contribution in [0, 0.1) is 12.8 Å². The number of anilines is 1. The van der Waals surface area contributed by atoms with Gasteiger partial charge >= 0.3 is 0 Å². The molecule has 22 heavy (non-hydrogen) atoms. The molecule has 0 unspecified atom stereocenters. The molecule has 0 atom stereocenters. The molecule has 2 saturated heterocycles. The summed E-state index contributed by atoms with van der Waals surface area (Å²) >= 11 is 0. The van der Waals surface area contributed by atoms with Crippen LogP contribution >= 0.6 is 0 Å². The minimum Gasteiger partial charge on any atom is -0.357 e. The second kappa shape index (κ2) is 7.12. The molecule has 0 spiro atoms. The zero-order valence-corrected chi connectivity index (χ0v) is 13.6. The summed E-state index contributed by atoms with van der Waals surface area (Å²) in [4.78, 5) is 21.7. The highest BCUT2D eigenvalue weighted by atomic mass is 16.2. The van der Waals surface area contributed by atoms with Crippen molar-refractivity contribution >= 4 is 11.7 Å². The fourth-order valence-electron chi connectivity index (χ4n) is 3.61. The van der Waals surface area contributed by atoms with Crippen molar-refractivity contribution in [2.24, 2.45) is 5.92 Å². The lowest BCUT2D eigenvalue weighted by Gasteiger charge is -2.34. The normalized spacial score (nSPS) is 20.8. The Morgan fingerprint density at radius 2 is 1.73 bits per heavy atom. The zero-order valence-electron chi connectivity index (χ0n) is 13.6. The Bertz CT molecular complexity index is 501. The number of rotatable bonds is 2. The molecular weight excluding hydrogens is 274 g/mol. The molecule has 1 aromatic heterocycles. The highest BCUT2D eigenvalue weighted by Gasteiger charge is 2.29. The van der Waals surface area contributed by atoms with E-state index in [0.717, 1.165) is 50.5 Å². The molecule has 0 bridgehead atoms. The maximum atomic E-state index is 12.7. The van der Waals surface area contributed by atoms with Gasteiger partial charge in [0.15, 0.2) is 0 Å². The molecule has 2 aliphatic heterocycles. The average molecular weight is 301 g/mol. The average Bonchev–Trinajstić information content (AvgIpc) is 2.84. The molecule has 1 aromatic rings. The van der Waals surface area contributed by atoms with Crippen LogP contribution in [0.2, 0.25) is 0 Å². The van der Waals surface area contributed by atoms with Gasteiger partial charge in [0.1, 0.15) is 5.82 Å². The van der Waals surface area contributed by atoms with Crippen LogP contribution in [-0.2, 0) is 4.79 Å². The molecule has 4 nitrogen and oxygen atoms in total. The third-order valence-corrected chi connectivity index (χ3v) is 4.96. The van der Waals surface area contributed by atoms with Crippen molar-refractivity contribution in [2.75, 3.05) is 31.1 Å². The van der Waals surface area contributed by atoms with Crippen molar-refractivity contribution in [3.63, 3.8) is 0 Å². The number of pyridine rings is 1. The van der Waals surface area contributed by atoms with E-state index in [9.17, 15) is 4.79 Å². The van der Waals surface area contributed by atoms with Gasteiger partial charge in [-0.05, 0) is 44.7 Å². The summed E-state index contributed by atoms with van der Waals surface area (Å²) in [6, 6.07) is 6.16. The number of hydrogen-bond donors (Lipinski definition) is 0. The molecule has 3 heterocycles. The maximum absolute atomic E-state index is 12.7. The lowest BCUT2D eigenvalue weighted by Crippen LogP contribution is -2.43. The summed E-state index contributed by atoms with van der Waals surface area (Å²) in [5, 5.41) is 0. The number of hydrogen-bond acceptors (Lipinski definition) is 3. The molecule has 4 heteroatoms. The molecule has 2 aliphatic rings. The number of carbonyl (C=O) groups is 1. The Hall–Kier alpha value is -1.58. The van der Waals surface area contributed by atoms with E-state index in [-0.39, 0.29) is 5.92 Å². The van der Waals surface area contributed by atoms with Gasteiger partial charge in [0.2, 0.25) is 5.91 Å². The number of nitrogens with zero attached hydrogens (tertiary/aromatic N) is 3. The number of likely N-dealkylation sites (tertiary alicyclic amines) is 1. The first kappa shape index (κ1) is 15.3.